The molecule has 2 aromatic carbocycles. The Morgan fingerprint density at radius 1 is 1.08 bits per heavy atom. The number of β-amino-alcohol motifs (C(OH)–C–C–N with tert-alkyl or cyclic N) is 1. The highest BCUT2D eigenvalue weighted by atomic mass is 16.3. The number of aromatic amines is 1. The molecule has 11 nitrogen and oxygen atoms in total. The van der Waals surface area contributed by atoms with Gasteiger partial charge in [-0.2, -0.15) is 5.21 Å². The minimum Gasteiger partial charge on any atom is -0.451 e. The van der Waals surface area contributed by atoms with Gasteiger partial charge in [0, 0.05) is 29.7 Å². The Labute approximate surface area is 225 Å². The maximum atomic E-state index is 13.7. The van der Waals surface area contributed by atoms with Gasteiger partial charge >= 0.3 is 0 Å². The van der Waals surface area contributed by atoms with Crippen molar-refractivity contribution in [2.75, 3.05) is 18.0 Å². The van der Waals surface area contributed by atoms with Crippen LogP contribution in [0.2, 0.25) is 0 Å². The Hall–Kier alpha value is -4.25. The van der Waals surface area contributed by atoms with Crippen LogP contribution >= 0.6 is 0 Å². The van der Waals surface area contributed by atoms with E-state index in [0.717, 1.165) is 35.9 Å². The summed E-state index contributed by atoms with van der Waals surface area (Å²) in [5.41, 5.74) is 1.29. The fraction of sp³-hybridized carbons (Fsp3) is 0.393. The third-order valence-electron chi connectivity index (χ3n) is 7.87. The lowest BCUT2D eigenvalue weighted by Gasteiger charge is -2.41. The normalized spacial score (nSPS) is 21.0. The molecule has 39 heavy (non-hydrogen) atoms. The predicted molar refractivity (Wildman–Crippen MR) is 144 cm³/mol. The van der Waals surface area contributed by atoms with Crippen LogP contribution in [0.3, 0.4) is 0 Å². The number of carbonyl (C=O) groups is 2. The van der Waals surface area contributed by atoms with Crippen LogP contribution in [0.1, 0.15) is 49.1 Å². The monoisotopic (exact) mass is 529 g/mol. The lowest BCUT2D eigenvalue weighted by atomic mass is 9.80. The number of anilines is 1. The van der Waals surface area contributed by atoms with Crippen LogP contribution in [-0.4, -0.2) is 68.3 Å². The molecule has 2 aliphatic rings. The molecule has 1 saturated carbocycles. The maximum absolute atomic E-state index is 13.7. The summed E-state index contributed by atoms with van der Waals surface area (Å²) in [4.78, 5) is 29.0. The number of tetrazole rings is 1. The molecule has 0 radical (unpaired) electrons. The number of hydrogen-bond donors (Lipinski definition) is 4. The molecule has 1 aliphatic heterocycles. The van der Waals surface area contributed by atoms with Gasteiger partial charge in [0.15, 0.2) is 5.76 Å². The Morgan fingerprint density at radius 2 is 1.87 bits per heavy atom. The summed E-state index contributed by atoms with van der Waals surface area (Å²) < 4.78 is 5.75. The number of nitrogens with zero attached hydrogens (tertiary/aromatic N) is 4. The largest absolute Gasteiger partial charge is 0.451 e. The van der Waals surface area contributed by atoms with Gasteiger partial charge in [0.2, 0.25) is 11.7 Å². The molecular formula is C28H31N7O4. The molecule has 202 valence electrons. The highest BCUT2D eigenvalue weighted by Gasteiger charge is 2.43. The lowest BCUT2D eigenvalue weighted by molar-refractivity contribution is -0.130. The van der Waals surface area contributed by atoms with Crippen LogP contribution in [0.5, 0.6) is 0 Å². The van der Waals surface area contributed by atoms with Crippen LogP contribution < -0.4 is 15.5 Å². The molecule has 2 aromatic heterocycles. The zero-order valence-electron chi connectivity index (χ0n) is 21.5. The third-order valence-corrected chi connectivity index (χ3v) is 7.87. The number of aliphatic hydroxyl groups excluding tert-OH is 1. The van der Waals surface area contributed by atoms with Crippen LogP contribution in [-0.2, 0) is 4.79 Å². The zero-order valence-corrected chi connectivity index (χ0v) is 21.5. The smallest absolute Gasteiger partial charge is 0.287 e. The summed E-state index contributed by atoms with van der Waals surface area (Å²) >= 11 is 0. The molecule has 2 atom stereocenters. The van der Waals surface area contributed by atoms with E-state index in [-0.39, 0.29) is 11.7 Å². The number of piperidine rings is 1. The van der Waals surface area contributed by atoms with Crippen molar-refractivity contribution in [3.8, 4) is 11.4 Å². The molecule has 2 amide bonds. The SMILES string of the molecule is O=C(NC1(C(=O)NC2CCN(c3ccccc3-c3nn[nH]n3)CC2O)CCCCC1)c1cc2ccccc2o1. The molecule has 4 aromatic rings. The molecule has 0 bridgehead atoms. The number of aliphatic hydroxyl groups is 1. The fourth-order valence-electron chi connectivity index (χ4n) is 5.78. The van der Waals surface area contributed by atoms with E-state index in [9.17, 15) is 14.7 Å². The standard InChI is InChI=1S/C28H31N7O4/c36-22-17-35(21-10-4-3-9-19(21)25-31-33-34-32-25)15-12-20(22)29-27(38)28(13-6-1-7-14-28)30-26(37)24-16-18-8-2-5-11-23(18)39-24/h2-5,8-11,16,20,22,36H,1,6-7,12-15,17H2,(H,29,38)(H,30,37)(H,31,32,33,34). The summed E-state index contributed by atoms with van der Waals surface area (Å²) in [6.45, 7) is 0.952. The number of furan rings is 1. The van der Waals surface area contributed by atoms with E-state index in [2.05, 4.69) is 36.2 Å². The molecule has 0 spiro atoms. The van der Waals surface area contributed by atoms with E-state index in [4.69, 9.17) is 4.42 Å². The summed E-state index contributed by atoms with van der Waals surface area (Å²) in [5.74, 6) is 0.00515. The van der Waals surface area contributed by atoms with Crippen molar-refractivity contribution in [2.45, 2.75) is 56.2 Å². The van der Waals surface area contributed by atoms with Crippen molar-refractivity contribution in [1.82, 2.24) is 31.3 Å². The second-order valence-electron chi connectivity index (χ2n) is 10.4. The number of amides is 2. The highest BCUT2D eigenvalue weighted by Crippen LogP contribution is 2.32. The molecule has 2 fully saturated rings. The number of benzene rings is 2. The predicted octanol–water partition coefficient (Wildman–Crippen LogP) is 2.80. The van der Waals surface area contributed by atoms with Crippen molar-refractivity contribution < 1.29 is 19.1 Å². The van der Waals surface area contributed by atoms with Crippen LogP contribution in [0.4, 0.5) is 5.69 Å². The first-order valence-corrected chi connectivity index (χ1v) is 13.4. The van der Waals surface area contributed by atoms with E-state index in [1.54, 1.807) is 6.07 Å². The van der Waals surface area contributed by atoms with E-state index >= 15 is 0 Å². The van der Waals surface area contributed by atoms with Gasteiger partial charge in [0.25, 0.3) is 5.91 Å². The molecule has 3 heterocycles. The number of rotatable bonds is 6. The number of para-hydroxylation sites is 2. The topological polar surface area (TPSA) is 149 Å². The fourth-order valence-corrected chi connectivity index (χ4v) is 5.78. The Bertz CT molecular complexity index is 1430. The molecule has 2 unspecified atom stereocenters. The molecule has 1 saturated heterocycles. The Balaban J connectivity index is 1.15. The van der Waals surface area contributed by atoms with Crippen LogP contribution in [0.15, 0.2) is 59.0 Å². The van der Waals surface area contributed by atoms with E-state index in [0.29, 0.717) is 43.8 Å². The van der Waals surface area contributed by atoms with E-state index < -0.39 is 23.6 Å². The minimum absolute atomic E-state index is 0.183. The third kappa shape index (κ3) is 4.97. The van der Waals surface area contributed by atoms with Crippen molar-refractivity contribution in [3.05, 3.63) is 60.4 Å². The van der Waals surface area contributed by atoms with E-state index in [1.165, 1.54) is 0 Å². The van der Waals surface area contributed by atoms with Gasteiger partial charge in [-0.3, -0.25) is 9.59 Å². The van der Waals surface area contributed by atoms with Gasteiger partial charge in [0.05, 0.1) is 12.1 Å². The Morgan fingerprint density at radius 3 is 2.64 bits per heavy atom. The zero-order chi connectivity index (χ0) is 26.8. The Kier molecular flexibility index (Phi) is 6.74. The highest BCUT2D eigenvalue weighted by molar-refractivity contribution is 6.00. The number of H-pyrrole nitrogens is 1. The summed E-state index contributed by atoms with van der Waals surface area (Å²) in [7, 11) is 0. The second kappa shape index (κ2) is 10.5. The van der Waals surface area contributed by atoms with Crippen molar-refractivity contribution in [1.29, 1.82) is 0 Å². The molecule has 1 aliphatic carbocycles. The first kappa shape index (κ1) is 25.1. The molecular weight excluding hydrogens is 498 g/mol. The first-order valence-electron chi connectivity index (χ1n) is 13.4. The van der Waals surface area contributed by atoms with Gasteiger partial charge in [-0.05, 0) is 48.7 Å². The van der Waals surface area contributed by atoms with Crippen LogP contribution in [0, 0.1) is 0 Å². The number of carbonyl (C=O) groups excluding carboxylic acids is 2. The molecule has 4 N–H and O–H groups in total. The van der Waals surface area contributed by atoms with E-state index in [1.807, 2.05) is 48.5 Å². The minimum atomic E-state index is -1.05. The van der Waals surface area contributed by atoms with Gasteiger partial charge in [-0.15, -0.1) is 10.2 Å². The number of aromatic nitrogens is 4. The van der Waals surface area contributed by atoms with Gasteiger partial charge in [0.1, 0.15) is 11.1 Å². The second-order valence-corrected chi connectivity index (χ2v) is 10.4. The van der Waals surface area contributed by atoms with Crippen molar-refractivity contribution >= 4 is 28.5 Å². The first-order chi connectivity index (χ1) is 19.0. The summed E-state index contributed by atoms with van der Waals surface area (Å²) in [6.07, 6.45) is 3.50. The quantitative estimate of drug-likeness (QED) is 0.298. The van der Waals surface area contributed by atoms with Crippen molar-refractivity contribution in [2.24, 2.45) is 0 Å². The summed E-state index contributed by atoms with van der Waals surface area (Å²) in [6, 6.07) is 16.4. The number of nitrogens with one attached hydrogen (secondary N) is 3. The average molecular weight is 530 g/mol. The lowest BCUT2D eigenvalue weighted by Crippen LogP contribution is -2.64. The van der Waals surface area contributed by atoms with Crippen LogP contribution in [0.25, 0.3) is 22.4 Å². The molecule has 11 heteroatoms. The number of fused-ring (bicyclic) bond motifs is 1. The average Bonchev–Trinajstić information content (AvgIpc) is 3.65. The molecule has 6 rings (SSSR count). The van der Waals surface area contributed by atoms with Gasteiger partial charge < -0.3 is 25.1 Å². The number of hydrogen-bond acceptors (Lipinski definition) is 8. The maximum Gasteiger partial charge on any atom is 0.287 e. The summed E-state index contributed by atoms with van der Waals surface area (Å²) in [5, 5.41) is 32.3. The van der Waals surface area contributed by atoms with Gasteiger partial charge in [-0.25, -0.2) is 0 Å². The van der Waals surface area contributed by atoms with Gasteiger partial charge in [-0.1, -0.05) is 49.6 Å². The van der Waals surface area contributed by atoms with Crippen molar-refractivity contribution in [3.63, 3.8) is 0 Å².